The van der Waals surface area contributed by atoms with Crippen LogP contribution in [0.3, 0.4) is 0 Å². The normalized spacial score (nSPS) is 25.9. The van der Waals surface area contributed by atoms with E-state index in [1.54, 1.807) is 7.11 Å². The highest BCUT2D eigenvalue weighted by molar-refractivity contribution is 7.19. The van der Waals surface area contributed by atoms with Crippen LogP contribution in [0.1, 0.15) is 105 Å². The summed E-state index contributed by atoms with van der Waals surface area (Å²) in [5, 5.41) is 1.31. The zero-order valence-electron chi connectivity index (χ0n) is 20.1. The molecule has 33 heavy (non-hydrogen) atoms. The van der Waals surface area contributed by atoms with E-state index in [9.17, 15) is 0 Å². The van der Waals surface area contributed by atoms with Crippen molar-refractivity contribution in [2.45, 2.75) is 88.9 Å². The number of ether oxygens (including phenoxy) is 1. The number of fused-ring (bicyclic) bond motifs is 1. The molecule has 0 N–H and O–H groups in total. The van der Waals surface area contributed by atoms with Gasteiger partial charge in [0.2, 0.25) is 0 Å². The van der Waals surface area contributed by atoms with Gasteiger partial charge in [-0.05, 0) is 122 Å². The van der Waals surface area contributed by atoms with Crippen LogP contribution in [-0.4, -0.2) is 7.11 Å². The fraction of sp³-hybridized carbons (Fsp3) is 0.533. The molecular weight excluding hydrogens is 427 g/mol. The zero-order chi connectivity index (χ0) is 22.8. The molecular formula is C30H37FOS. The van der Waals surface area contributed by atoms with Gasteiger partial charge in [0.05, 0.1) is 7.11 Å². The SMILES string of the molecule is CCCC1CCC(c2ccc(C3CCC(c4cc5ccc(OC)cc5s4)CC3)c(F)c2)CC1. The summed E-state index contributed by atoms with van der Waals surface area (Å²) in [6.07, 6.45) is 12.2. The fourth-order valence-electron chi connectivity index (χ4n) is 6.37. The Kier molecular flexibility index (Phi) is 7.06. The molecule has 0 bridgehead atoms. The van der Waals surface area contributed by atoms with Gasteiger partial charge in [-0.1, -0.05) is 31.9 Å². The molecule has 2 aromatic carbocycles. The van der Waals surface area contributed by atoms with E-state index < -0.39 is 0 Å². The van der Waals surface area contributed by atoms with Gasteiger partial charge in [0.1, 0.15) is 11.6 Å². The Bertz CT molecular complexity index is 1070. The van der Waals surface area contributed by atoms with E-state index in [2.05, 4.69) is 37.3 Å². The van der Waals surface area contributed by atoms with Gasteiger partial charge in [0.25, 0.3) is 0 Å². The second-order valence-corrected chi connectivity index (χ2v) is 11.5. The van der Waals surface area contributed by atoms with Crippen molar-refractivity contribution in [3.8, 4) is 5.75 Å². The smallest absolute Gasteiger partial charge is 0.126 e. The minimum absolute atomic E-state index is 0.0422. The Balaban J connectivity index is 1.21. The molecule has 0 spiro atoms. The molecule has 1 aromatic heterocycles. The average Bonchev–Trinajstić information content (AvgIpc) is 3.28. The van der Waals surface area contributed by atoms with Crippen LogP contribution in [0.2, 0.25) is 0 Å². The maximum absolute atomic E-state index is 15.2. The van der Waals surface area contributed by atoms with Crippen molar-refractivity contribution in [2.24, 2.45) is 5.92 Å². The van der Waals surface area contributed by atoms with Crippen molar-refractivity contribution in [1.82, 2.24) is 0 Å². The Hall–Kier alpha value is -1.87. The van der Waals surface area contributed by atoms with Crippen molar-refractivity contribution in [3.63, 3.8) is 0 Å². The molecule has 2 aliphatic carbocycles. The lowest BCUT2D eigenvalue weighted by Gasteiger charge is -2.30. The lowest BCUT2D eigenvalue weighted by Crippen LogP contribution is -2.15. The van der Waals surface area contributed by atoms with Crippen molar-refractivity contribution < 1.29 is 9.13 Å². The summed E-state index contributed by atoms with van der Waals surface area (Å²) >= 11 is 1.90. The minimum Gasteiger partial charge on any atom is -0.497 e. The number of benzene rings is 2. The average molecular weight is 465 g/mol. The first-order valence-corrected chi connectivity index (χ1v) is 13.8. The summed E-state index contributed by atoms with van der Waals surface area (Å²) in [4.78, 5) is 1.48. The molecule has 2 aliphatic rings. The fourth-order valence-corrected chi connectivity index (χ4v) is 7.63. The largest absolute Gasteiger partial charge is 0.497 e. The van der Waals surface area contributed by atoms with Gasteiger partial charge < -0.3 is 4.74 Å². The van der Waals surface area contributed by atoms with Crippen LogP contribution in [0.5, 0.6) is 5.75 Å². The standard InChI is InChI=1S/C30H37FOS/c1-3-4-20-5-7-21(8-6-20)24-14-16-27(28(31)17-24)22-9-11-23(12-10-22)29-18-25-13-15-26(32-2)19-30(25)33-29/h13-23H,3-12H2,1-2H3. The predicted molar refractivity (Wildman–Crippen MR) is 138 cm³/mol. The van der Waals surface area contributed by atoms with E-state index in [-0.39, 0.29) is 5.82 Å². The lowest BCUT2D eigenvalue weighted by atomic mass is 9.75. The molecule has 0 atom stereocenters. The molecule has 0 radical (unpaired) electrons. The first-order valence-electron chi connectivity index (χ1n) is 13.0. The topological polar surface area (TPSA) is 9.23 Å². The van der Waals surface area contributed by atoms with Crippen LogP contribution < -0.4 is 4.74 Å². The number of rotatable bonds is 6. The minimum atomic E-state index is 0.0422. The van der Waals surface area contributed by atoms with Gasteiger partial charge in [-0.3, -0.25) is 0 Å². The van der Waals surface area contributed by atoms with Crippen LogP contribution in [0.25, 0.3) is 10.1 Å². The van der Waals surface area contributed by atoms with Crippen molar-refractivity contribution in [1.29, 1.82) is 0 Å². The Labute approximate surface area is 202 Å². The highest BCUT2D eigenvalue weighted by Gasteiger charge is 2.28. The van der Waals surface area contributed by atoms with E-state index in [0.717, 1.165) is 42.9 Å². The van der Waals surface area contributed by atoms with Crippen LogP contribution in [0.15, 0.2) is 42.5 Å². The van der Waals surface area contributed by atoms with E-state index in [0.29, 0.717) is 17.8 Å². The monoisotopic (exact) mass is 464 g/mol. The van der Waals surface area contributed by atoms with Gasteiger partial charge in [-0.15, -0.1) is 11.3 Å². The highest BCUT2D eigenvalue weighted by atomic mass is 32.1. The predicted octanol–water partition coefficient (Wildman–Crippen LogP) is 9.56. The van der Waals surface area contributed by atoms with E-state index in [4.69, 9.17) is 4.74 Å². The number of thiophene rings is 1. The molecule has 3 aromatic rings. The highest BCUT2D eigenvalue weighted by Crippen LogP contribution is 2.45. The number of hydrogen-bond acceptors (Lipinski definition) is 2. The molecule has 0 amide bonds. The van der Waals surface area contributed by atoms with Gasteiger partial charge in [-0.25, -0.2) is 4.39 Å². The summed E-state index contributed by atoms with van der Waals surface area (Å²) < 4.78 is 21.9. The summed E-state index contributed by atoms with van der Waals surface area (Å²) in [6, 6.07) is 14.9. The van der Waals surface area contributed by atoms with Gasteiger partial charge in [0, 0.05) is 9.58 Å². The summed E-state index contributed by atoms with van der Waals surface area (Å²) in [5.41, 5.74) is 2.19. The van der Waals surface area contributed by atoms with E-state index in [1.807, 2.05) is 23.5 Å². The molecule has 1 heterocycles. The molecule has 0 saturated heterocycles. The number of hydrogen-bond donors (Lipinski definition) is 0. The van der Waals surface area contributed by atoms with Crippen LogP contribution in [-0.2, 0) is 0 Å². The third-order valence-electron chi connectivity index (χ3n) is 8.36. The lowest BCUT2D eigenvalue weighted by molar-refractivity contribution is 0.308. The summed E-state index contributed by atoms with van der Waals surface area (Å²) in [5.74, 6) is 3.39. The van der Waals surface area contributed by atoms with Crippen molar-refractivity contribution >= 4 is 21.4 Å². The number of halogens is 1. The summed E-state index contributed by atoms with van der Waals surface area (Å²) in [7, 11) is 1.72. The summed E-state index contributed by atoms with van der Waals surface area (Å²) in [6.45, 7) is 2.29. The Morgan fingerprint density at radius 2 is 1.58 bits per heavy atom. The van der Waals surface area contributed by atoms with Crippen molar-refractivity contribution in [3.05, 3.63) is 64.3 Å². The molecule has 0 unspecified atom stereocenters. The van der Waals surface area contributed by atoms with Crippen molar-refractivity contribution in [2.75, 3.05) is 7.11 Å². The third-order valence-corrected chi connectivity index (χ3v) is 9.62. The first-order chi connectivity index (χ1) is 16.1. The zero-order valence-corrected chi connectivity index (χ0v) is 20.9. The van der Waals surface area contributed by atoms with Crippen LogP contribution >= 0.6 is 11.3 Å². The maximum Gasteiger partial charge on any atom is 0.126 e. The second-order valence-electron chi connectivity index (χ2n) is 10.4. The molecule has 2 saturated carbocycles. The molecule has 5 rings (SSSR count). The Morgan fingerprint density at radius 1 is 0.848 bits per heavy atom. The maximum atomic E-state index is 15.2. The second kappa shape index (κ2) is 10.2. The van der Waals surface area contributed by atoms with Gasteiger partial charge in [-0.2, -0.15) is 0 Å². The van der Waals surface area contributed by atoms with E-state index >= 15 is 4.39 Å². The molecule has 176 valence electrons. The molecule has 0 aliphatic heterocycles. The Morgan fingerprint density at radius 3 is 2.27 bits per heavy atom. The van der Waals surface area contributed by atoms with Gasteiger partial charge >= 0.3 is 0 Å². The molecule has 1 nitrogen and oxygen atoms in total. The van der Waals surface area contributed by atoms with Crippen LogP contribution in [0.4, 0.5) is 4.39 Å². The van der Waals surface area contributed by atoms with Crippen LogP contribution in [0, 0.1) is 11.7 Å². The molecule has 2 fully saturated rings. The third kappa shape index (κ3) is 4.99. The molecule has 3 heteroatoms. The first kappa shape index (κ1) is 22.9. The number of methoxy groups -OCH3 is 1. The van der Waals surface area contributed by atoms with E-state index in [1.165, 1.54) is 59.1 Å². The van der Waals surface area contributed by atoms with Gasteiger partial charge in [0.15, 0.2) is 0 Å². The quantitative estimate of drug-likeness (QED) is 0.353.